The Labute approximate surface area is 91.1 Å². The molecule has 0 aliphatic rings. The molecular formula is C9H10N4OS. The molecule has 78 valence electrons. The molecule has 0 radical (unpaired) electrons. The predicted molar refractivity (Wildman–Crippen MR) is 56.5 cm³/mol. The number of nitrogen functional groups attached to an aromatic ring is 1. The Bertz CT molecular complexity index is 483. The molecule has 0 saturated carbocycles. The summed E-state index contributed by atoms with van der Waals surface area (Å²) in [5.41, 5.74) is 7.25. The summed E-state index contributed by atoms with van der Waals surface area (Å²) in [6, 6.07) is 1.86. The van der Waals surface area contributed by atoms with Crippen LogP contribution in [0.4, 0.5) is 5.69 Å². The van der Waals surface area contributed by atoms with Crippen LogP contribution in [0.3, 0.4) is 0 Å². The first-order valence-electron chi connectivity index (χ1n) is 4.35. The van der Waals surface area contributed by atoms with E-state index < -0.39 is 0 Å². The van der Waals surface area contributed by atoms with E-state index in [2.05, 4.69) is 15.2 Å². The molecule has 0 aliphatic heterocycles. The van der Waals surface area contributed by atoms with Gasteiger partial charge in [0.05, 0.1) is 11.9 Å². The van der Waals surface area contributed by atoms with Gasteiger partial charge in [-0.3, -0.25) is 0 Å². The van der Waals surface area contributed by atoms with E-state index in [1.165, 1.54) is 11.8 Å². The molecule has 2 heterocycles. The molecule has 0 fully saturated rings. The number of nitrogens with two attached hydrogens (primary N) is 1. The highest BCUT2D eigenvalue weighted by atomic mass is 32.2. The Balaban J connectivity index is 2.24. The van der Waals surface area contributed by atoms with Gasteiger partial charge in [0, 0.05) is 6.92 Å². The third-order valence-corrected chi connectivity index (χ3v) is 2.70. The maximum Gasteiger partial charge on any atom is 0.282 e. The highest BCUT2D eigenvalue weighted by Gasteiger charge is 2.08. The van der Waals surface area contributed by atoms with Gasteiger partial charge in [-0.1, -0.05) is 0 Å². The number of hydrogen-bond acceptors (Lipinski definition) is 6. The minimum absolute atomic E-state index is 0.493. The summed E-state index contributed by atoms with van der Waals surface area (Å²) in [4.78, 5) is 4.19. The summed E-state index contributed by atoms with van der Waals surface area (Å²) in [5.74, 6) is 0.547. The van der Waals surface area contributed by atoms with E-state index in [1.54, 1.807) is 13.1 Å². The van der Waals surface area contributed by atoms with Gasteiger partial charge in [-0.15, -0.1) is 10.2 Å². The lowest BCUT2D eigenvalue weighted by molar-refractivity contribution is 0.429. The Hall–Kier alpha value is -1.56. The van der Waals surface area contributed by atoms with Crippen LogP contribution < -0.4 is 5.73 Å². The van der Waals surface area contributed by atoms with Crippen molar-refractivity contribution >= 4 is 17.4 Å². The van der Waals surface area contributed by atoms with Crippen LogP contribution in [0.15, 0.2) is 26.9 Å². The van der Waals surface area contributed by atoms with Crippen LogP contribution in [0.25, 0.3) is 0 Å². The summed E-state index contributed by atoms with van der Waals surface area (Å²) >= 11 is 1.34. The fraction of sp³-hybridized carbons (Fsp3) is 0.222. The first-order chi connectivity index (χ1) is 7.15. The van der Waals surface area contributed by atoms with E-state index in [9.17, 15) is 0 Å². The van der Waals surface area contributed by atoms with Crippen LogP contribution in [0.1, 0.15) is 11.5 Å². The average molecular weight is 222 g/mol. The summed E-state index contributed by atoms with van der Waals surface area (Å²) in [7, 11) is 0. The molecule has 2 N–H and O–H groups in total. The van der Waals surface area contributed by atoms with Crippen LogP contribution in [-0.4, -0.2) is 15.2 Å². The number of anilines is 1. The van der Waals surface area contributed by atoms with Gasteiger partial charge < -0.3 is 10.2 Å². The molecule has 0 aliphatic carbocycles. The van der Waals surface area contributed by atoms with Gasteiger partial charge in [-0.25, -0.2) is 4.98 Å². The van der Waals surface area contributed by atoms with Crippen molar-refractivity contribution in [2.24, 2.45) is 0 Å². The Morgan fingerprint density at radius 3 is 2.73 bits per heavy atom. The van der Waals surface area contributed by atoms with E-state index in [4.69, 9.17) is 10.2 Å². The van der Waals surface area contributed by atoms with Gasteiger partial charge in [0.25, 0.3) is 5.22 Å². The molecule has 2 aromatic rings. The van der Waals surface area contributed by atoms with Crippen LogP contribution in [0, 0.1) is 13.8 Å². The van der Waals surface area contributed by atoms with Crippen LogP contribution in [0.5, 0.6) is 0 Å². The van der Waals surface area contributed by atoms with E-state index in [1.807, 2.05) is 13.0 Å². The lowest BCUT2D eigenvalue weighted by Crippen LogP contribution is -1.90. The smallest absolute Gasteiger partial charge is 0.282 e. The minimum Gasteiger partial charge on any atom is -0.416 e. The fourth-order valence-corrected chi connectivity index (χ4v) is 1.83. The Kier molecular flexibility index (Phi) is 2.59. The number of nitrogens with zero attached hydrogens (tertiary/aromatic N) is 3. The van der Waals surface area contributed by atoms with Crippen LogP contribution >= 0.6 is 11.8 Å². The molecule has 2 aromatic heterocycles. The highest BCUT2D eigenvalue weighted by molar-refractivity contribution is 7.99. The molecule has 0 bridgehead atoms. The molecule has 15 heavy (non-hydrogen) atoms. The summed E-state index contributed by atoms with van der Waals surface area (Å²) in [5, 5.41) is 8.94. The SMILES string of the molecule is Cc1nnc(Sc2ncc(N)cc2C)o1. The molecule has 0 amide bonds. The van der Waals surface area contributed by atoms with Crippen molar-refractivity contribution < 1.29 is 4.42 Å². The standard InChI is InChI=1S/C9H10N4OS/c1-5-3-7(10)4-11-8(5)15-9-13-12-6(2)14-9/h3-4H,10H2,1-2H3. The molecular weight excluding hydrogens is 212 g/mol. The zero-order chi connectivity index (χ0) is 10.8. The van der Waals surface area contributed by atoms with Crippen molar-refractivity contribution in [3.8, 4) is 0 Å². The predicted octanol–water partition coefficient (Wildman–Crippen LogP) is 1.81. The van der Waals surface area contributed by atoms with Crippen molar-refractivity contribution in [1.82, 2.24) is 15.2 Å². The number of rotatable bonds is 2. The van der Waals surface area contributed by atoms with Gasteiger partial charge in [0.15, 0.2) is 0 Å². The number of aryl methyl sites for hydroxylation is 2. The van der Waals surface area contributed by atoms with Gasteiger partial charge in [-0.2, -0.15) is 0 Å². The second-order valence-corrected chi connectivity index (χ2v) is 4.02. The largest absolute Gasteiger partial charge is 0.416 e. The molecule has 6 heteroatoms. The first kappa shape index (κ1) is 9.97. The molecule has 0 saturated heterocycles. The third kappa shape index (κ3) is 2.27. The lowest BCUT2D eigenvalue weighted by Gasteiger charge is -2.01. The van der Waals surface area contributed by atoms with Crippen molar-refractivity contribution in [2.75, 3.05) is 5.73 Å². The van der Waals surface area contributed by atoms with Crippen molar-refractivity contribution in [1.29, 1.82) is 0 Å². The lowest BCUT2D eigenvalue weighted by atomic mass is 10.3. The minimum atomic E-state index is 0.493. The maximum absolute atomic E-state index is 5.60. The van der Waals surface area contributed by atoms with Gasteiger partial charge in [-0.05, 0) is 30.3 Å². The van der Waals surface area contributed by atoms with Crippen molar-refractivity contribution in [3.63, 3.8) is 0 Å². The van der Waals surface area contributed by atoms with E-state index in [0.717, 1.165) is 10.6 Å². The first-order valence-corrected chi connectivity index (χ1v) is 5.17. The normalized spacial score (nSPS) is 10.5. The monoisotopic (exact) mass is 222 g/mol. The maximum atomic E-state index is 5.60. The zero-order valence-electron chi connectivity index (χ0n) is 8.39. The van der Waals surface area contributed by atoms with Gasteiger partial charge in [0.2, 0.25) is 5.89 Å². The van der Waals surface area contributed by atoms with Gasteiger partial charge >= 0.3 is 0 Å². The molecule has 0 aromatic carbocycles. The highest BCUT2D eigenvalue weighted by Crippen LogP contribution is 2.27. The van der Waals surface area contributed by atoms with E-state index in [0.29, 0.717) is 16.8 Å². The molecule has 2 rings (SSSR count). The average Bonchev–Trinajstić information content (AvgIpc) is 2.56. The van der Waals surface area contributed by atoms with Crippen molar-refractivity contribution in [3.05, 3.63) is 23.7 Å². The quantitative estimate of drug-likeness (QED) is 0.835. The fourth-order valence-electron chi connectivity index (χ4n) is 1.09. The summed E-state index contributed by atoms with van der Waals surface area (Å²) in [6.45, 7) is 3.69. The van der Waals surface area contributed by atoms with Crippen LogP contribution in [-0.2, 0) is 0 Å². The number of pyridine rings is 1. The van der Waals surface area contributed by atoms with E-state index in [-0.39, 0.29) is 0 Å². The Morgan fingerprint density at radius 1 is 1.33 bits per heavy atom. The van der Waals surface area contributed by atoms with Crippen molar-refractivity contribution in [2.45, 2.75) is 24.1 Å². The number of aromatic nitrogens is 3. The topological polar surface area (TPSA) is 77.8 Å². The molecule has 0 unspecified atom stereocenters. The summed E-state index contributed by atoms with van der Waals surface area (Å²) < 4.78 is 5.24. The zero-order valence-corrected chi connectivity index (χ0v) is 9.21. The molecule has 0 spiro atoms. The molecule has 0 atom stereocenters. The second-order valence-electron chi connectivity index (χ2n) is 3.08. The second kappa shape index (κ2) is 3.90. The van der Waals surface area contributed by atoms with E-state index >= 15 is 0 Å². The third-order valence-electron chi connectivity index (χ3n) is 1.74. The van der Waals surface area contributed by atoms with Crippen LogP contribution in [0.2, 0.25) is 0 Å². The van der Waals surface area contributed by atoms with Gasteiger partial charge in [0.1, 0.15) is 5.03 Å². The Morgan fingerprint density at radius 2 is 2.13 bits per heavy atom. The number of hydrogen-bond donors (Lipinski definition) is 1. The summed E-state index contributed by atoms with van der Waals surface area (Å²) in [6.07, 6.45) is 1.61. The molecule has 5 nitrogen and oxygen atoms in total.